The molecule has 2 aromatic rings. The zero-order chi connectivity index (χ0) is 20.9. The topological polar surface area (TPSA) is 104 Å². The average Bonchev–Trinajstić information content (AvgIpc) is 3.29. The first-order valence-electron chi connectivity index (χ1n) is 10.8. The van der Waals surface area contributed by atoms with Crippen LogP contribution >= 0.6 is 0 Å². The molecule has 30 heavy (non-hydrogen) atoms. The van der Waals surface area contributed by atoms with Gasteiger partial charge in [-0.25, -0.2) is 4.99 Å². The molecule has 0 spiro atoms. The fourth-order valence-corrected chi connectivity index (χ4v) is 4.30. The van der Waals surface area contributed by atoms with E-state index in [0.29, 0.717) is 28.5 Å². The second-order valence-corrected chi connectivity index (χ2v) is 8.12. The molecule has 1 aromatic carbocycles. The first kappa shape index (κ1) is 20.2. The second-order valence-electron chi connectivity index (χ2n) is 8.12. The number of nitrogens with two attached hydrogens (primary N) is 1. The standard InChI is InChI=1S/C23H29N5O2/c24-21(20-19(12-13-25-22(20)29)26-17-6-2-1-3-7-17)27-18-10-8-16(9-11-18)23(30)28-14-4-5-15-28/h8-13,17H,1-7,14-15H2,(H2,24,27)(H2,25,26,29). The lowest BCUT2D eigenvalue weighted by molar-refractivity contribution is 0.0793. The number of likely N-dealkylation sites (tertiary alicyclic amines) is 1. The molecular weight excluding hydrogens is 378 g/mol. The highest BCUT2D eigenvalue weighted by molar-refractivity contribution is 6.03. The number of amides is 1. The number of H-pyrrole nitrogens is 1. The maximum absolute atomic E-state index is 12.5. The molecule has 158 valence electrons. The van der Waals surface area contributed by atoms with Crippen molar-refractivity contribution in [3.8, 4) is 0 Å². The quantitative estimate of drug-likeness (QED) is 0.522. The predicted octanol–water partition coefficient (Wildman–Crippen LogP) is 3.39. The van der Waals surface area contributed by atoms with Gasteiger partial charge < -0.3 is 20.9 Å². The molecule has 2 heterocycles. The van der Waals surface area contributed by atoms with Crippen molar-refractivity contribution >= 4 is 23.1 Å². The Morgan fingerprint density at radius 2 is 1.73 bits per heavy atom. The van der Waals surface area contributed by atoms with Gasteiger partial charge in [0.2, 0.25) is 0 Å². The van der Waals surface area contributed by atoms with Crippen LogP contribution in [-0.2, 0) is 0 Å². The number of anilines is 1. The van der Waals surface area contributed by atoms with Crippen molar-refractivity contribution in [1.29, 1.82) is 0 Å². The lowest BCUT2D eigenvalue weighted by Crippen LogP contribution is -2.29. The van der Waals surface area contributed by atoms with Crippen molar-refractivity contribution in [1.82, 2.24) is 9.88 Å². The summed E-state index contributed by atoms with van der Waals surface area (Å²) in [5, 5.41) is 3.48. The van der Waals surface area contributed by atoms with E-state index in [0.717, 1.165) is 38.8 Å². The highest BCUT2D eigenvalue weighted by Gasteiger charge is 2.20. The van der Waals surface area contributed by atoms with Gasteiger partial charge >= 0.3 is 0 Å². The summed E-state index contributed by atoms with van der Waals surface area (Å²) in [6.07, 6.45) is 9.60. The Morgan fingerprint density at radius 3 is 2.43 bits per heavy atom. The summed E-state index contributed by atoms with van der Waals surface area (Å²) in [5.74, 6) is 0.211. The molecule has 1 aliphatic carbocycles. The molecule has 1 amide bonds. The van der Waals surface area contributed by atoms with E-state index < -0.39 is 0 Å². The Hall–Kier alpha value is -3.09. The summed E-state index contributed by atoms with van der Waals surface area (Å²) in [6, 6.07) is 9.25. The summed E-state index contributed by atoms with van der Waals surface area (Å²) in [5.41, 5.74) is 8.31. The minimum atomic E-state index is -0.266. The van der Waals surface area contributed by atoms with E-state index in [1.807, 2.05) is 11.0 Å². The number of hydrogen-bond acceptors (Lipinski definition) is 4. The fraction of sp³-hybridized carbons (Fsp3) is 0.435. The summed E-state index contributed by atoms with van der Waals surface area (Å²) in [6.45, 7) is 1.64. The predicted molar refractivity (Wildman–Crippen MR) is 120 cm³/mol. The van der Waals surface area contributed by atoms with E-state index >= 15 is 0 Å². The van der Waals surface area contributed by atoms with Gasteiger partial charge in [-0.3, -0.25) is 9.59 Å². The second kappa shape index (κ2) is 9.15. The molecule has 2 aliphatic rings. The fourth-order valence-electron chi connectivity index (χ4n) is 4.30. The third-order valence-electron chi connectivity index (χ3n) is 5.94. The monoisotopic (exact) mass is 407 g/mol. The first-order valence-corrected chi connectivity index (χ1v) is 10.8. The molecule has 0 bridgehead atoms. The number of carbonyl (C=O) groups excluding carboxylic acids is 1. The summed E-state index contributed by atoms with van der Waals surface area (Å²) >= 11 is 0. The van der Waals surface area contributed by atoms with E-state index in [4.69, 9.17) is 5.73 Å². The molecule has 0 atom stereocenters. The number of hydrogen-bond donors (Lipinski definition) is 3. The van der Waals surface area contributed by atoms with E-state index in [1.165, 1.54) is 19.3 Å². The number of nitrogens with zero attached hydrogens (tertiary/aromatic N) is 2. The molecule has 1 aromatic heterocycles. The summed E-state index contributed by atoms with van der Waals surface area (Å²) in [4.78, 5) is 34.0. The maximum atomic E-state index is 12.5. The number of benzene rings is 1. The van der Waals surface area contributed by atoms with Crippen LogP contribution < -0.4 is 16.6 Å². The van der Waals surface area contributed by atoms with Gasteiger partial charge in [-0.2, -0.15) is 0 Å². The molecule has 1 saturated heterocycles. The summed E-state index contributed by atoms with van der Waals surface area (Å²) in [7, 11) is 0. The minimum absolute atomic E-state index is 0.0504. The van der Waals surface area contributed by atoms with Gasteiger partial charge in [0, 0.05) is 30.9 Å². The molecule has 4 N–H and O–H groups in total. The van der Waals surface area contributed by atoms with Gasteiger partial charge in [0.05, 0.1) is 11.4 Å². The lowest BCUT2D eigenvalue weighted by Gasteiger charge is -2.24. The molecule has 4 rings (SSSR count). The van der Waals surface area contributed by atoms with Crippen LogP contribution in [0, 0.1) is 0 Å². The van der Waals surface area contributed by atoms with Crippen LogP contribution in [0.3, 0.4) is 0 Å². The van der Waals surface area contributed by atoms with Crippen molar-refractivity contribution in [2.45, 2.75) is 51.0 Å². The Balaban J connectivity index is 1.54. The largest absolute Gasteiger partial charge is 0.383 e. The number of amidine groups is 1. The molecule has 7 heteroatoms. The van der Waals surface area contributed by atoms with Crippen LogP contribution in [0.5, 0.6) is 0 Å². The van der Waals surface area contributed by atoms with Crippen LogP contribution in [0.1, 0.15) is 60.9 Å². The minimum Gasteiger partial charge on any atom is -0.383 e. The molecule has 2 fully saturated rings. The number of carbonyl (C=O) groups is 1. The number of rotatable bonds is 5. The highest BCUT2D eigenvalue weighted by Crippen LogP contribution is 2.23. The van der Waals surface area contributed by atoms with E-state index in [1.54, 1.807) is 30.5 Å². The van der Waals surface area contributed by atoms with Gasteiger partial charge in [0.1, 0.15) is 11.4 Å². The van der Waals surface area contributed by atoms with Crippen molar-refractivity contribution in [3.63, 3.8) is 0 Å². The number of nitrogens with one attached hydrogen (secondary N) is 2. The lowest BCUT2D eigenvalue weighted by atomic mass is 9.95. The SMILES string of the molecule is NC(=Nc1ccc(C(=O)N2CCCC2)cc1)c1c(NC2CCCCC2)cc[nH]c1=O. The van der Waals surface area contributed by atoms with Crippen LogP contribution in [0.25, 0.3) is 0 Å². The third-order valence-corrected chi connectivity index (χ3v) is 5.94. The van der Waals surface area contributed by atoms with Crippen LogP contribution in [0.4, 0.5) is 11.4 Å². The van der Waals surface area contributed by atoms with Gasteiger partial charge in [0.15, 0.2) is 0 Å². The molecule has 0 radical (unpaired) electrons. The normalized spacial score (nSPS) is 17.9. The van der Waals surface area contributed by atoms with Crippen LogP contribution in [0.15, 0.2) is 46.3 Å². The molecule has 1 aliphatic heterocycles. The van der Waals surface area contributed by atoms with Crippen LogP contribution in [-0.4, -0.2) is 40.8 Å². The Labute approximate surface area is 176 Å². The third kappa shape index (κ3) is 4.56. The van der Waals surface area contributed by atoms with Gasteiger partial charge in [-0.1, -0.05) is 19.3 Å². The van der Waals surface area contributed by atoms with Crippen molar-refractivity contribution < 1.29 is 4.79 Å². The molecule has 7 nitrogen and oxygen atoms in total. The van der Waals surface area contributed by atoms with Crippen molar-refractivity contribution in [2.75, 3.05) is 18.4 Å². The Bertz CT molecular complexity index is 968. The van der Waals surface area contributed by atoms with Crippen molar-refractivity contribution in [2.24, 2.45) is 10.7 Å². The zero-order valence-corrected chi connectivity index (χ0v) is 17.2. The van der Waals surface area contributed by atoms with Gasteiger partial charge in [-0.05, 0) is 56.0 Å². The molecular formula is C23H29N5O2. The number of pyridine rings is 1. The Morgan fingerprint density at radius 1 is 1.03 bits per heavy atom. The number of aromatic nitrogens is 1. The molecule has 0 unspecified atom stereocenters. The number of aliphatic imine (C=N–C) groups is 1. The van der Waals surface area contributed by atoms with Gasteiger partial charge in [0.25, 0.3) is 11.5 Å². The average molecular weight is 408 g/mol. The summed E-state index contributed by atoms with van der Waals surface area (Å²) < 4.78 is 0. The highest BCUT2D eigenvalue weighted by atomic mass is 16.2. The first-order chi connectivity index (χ1) is 14.6. The smallest absolute Gasteiger partial charge is 0.261 e. The van der Waals surface area contributed by atoms with E-state index in [9.17, 15) is 9.59 Å². The van der Waals surface area contributed by atoms with Crippen molar-refractivity contribution in [3.05, 3.63) is 58.0 Å². The van der Waals surface area contributed by atoms with E-state index in [-0.39, 0.29) is 17.3 Å². The van der Waals surface area contributed by atoms with Crippen LogP contribution in [0.2, 0.25) is 0 Å². The number of aromatic amines is 1. The van der Waals surface area contributed by atoms with Gasteiger partial charge in [-0.15, -0.1) is 0 Å². The maximum Gasteiger partial charge on any atom is 0.261 e. The Kier molecular flexibility index (Phi) is 6.16. The zero-order valence-electron chi connectivity index (χ0n) is 17.2. The molecule has 1 saturated carbocycles. The van der Waals surface area contributed by atoms with E-state index in [2.05, 4.69) is 15.3 Å².